The first-order chi connectivity index (χ1) is 15.3. The molecule has 1 atom stereocenters. The van der Waals surface area contributed by atoms with Gasteiger partial charge in [0.15, 0.2) is 0 Å². The summed E-state index contributed by atoms with van der Waals surface area (Å²) in [5.74, 6) is -0.284. The fraction of sp³-hybridized carbons (Fsp3) is 0.115. The van der Waals surface area contributed by atoms with E-state index >= 15 is 0 Å². The molecular weight excluding hydrogens is 400 g/mol. The van der Waals surface area contributed by atoms with Crippen LogP contribution in [-0.4, -0.2) is 22.7 Å². The summed E-state index contributed by atoms with van der Waals surface area (Å²) >= 11 is 0. The minimum atomic E-state index is -1.13. The molecule has 1 heterocycles. The Labute approximate surface area is 185 Å². The molecule has 0 saturated carbocycles. The highest BCUT2D eigenvalue weighted by Crippen LogP contribution is 2.32. The Morgan fingerprint density at radius 1 is 0.906 bits per heavy atom. The van der Waals surface area contributed by atoms with E-state index in [-0.39, 0.29) is 18.3 Å². The second kappa shape index (κ2) is 7.20. The number of nitrogens with one attached hydrogen (secondary N) is 2. The molecule has 1 saturated heterocycles. The number of amidine groups is 1. The molecule has 6 nitrogen and oxygen atoms in total. The average Bonchev–Trinajstić information content (AvgIpc) is 3.02. The number of imide groups is 1. The van der Waals surface area contributed by atoms with Gasteiger partial charge in [-0.3, -0.25) is 15.1 Å². The zero-order chi connectivity index (χ0) is 22.5. The maximum atomic E-state index is 13.4. The fourth-order valence-corrected chi connectivity index (χ4v) is 4.28. The van der Waals surface area contributed by atoms with Crippen LogP contribution >= 0.6 is 0 Å². The van der Waals surface area contributed by atoms with Crippen molar-refractivity contribution in [2.24, 2.45) is 5.73 Å². The summed E-state index contributed by atoms with van der Waals surface area (Å²) in [5, 5.41) is 14.5. The van der Waals surface area contributed by atoms with Crippen molar-refractivity contribution in [2.45, 2.75) is 19.0 Å². The van der Waals surface area contributed by atoms with Crippen LogP contribution in [0.4, 0.5) is 4.79 Å². The van der Waals surface area contributed by atoms with Gasteiger partial charge in [-0.2, -0.15) is 0 Å². The first kappa shape index (κ1) is 19.8. The SMILES string of the molecule is CC1(c2ccc3ccccc3c2)NC(=O)N(Cc2ccc3ccc(C(=N)N)cc3c2)C1=O. The number of urea groups is 1. The van der Waals surface area contributed by atoms with Crippen LogP contribution in [0.1, 0.15) is 23.6 Å². The van der Waals surface area contributed by atoms with Gasteiger partial charge < -0.3 is 11.1 Å². The van der Waals surface area contributed by atoms with Crippen molar-refractivity contribution in [3.63, 3.8) is 0 Å². The molecule has 1 unspecified atom stereocenters. The maximum absolute atomic E-state index is 13.4. The molecule has 0 radical (unpaired) electrons. The molecule has 5 rings (SSSR count). The molecule has 1 aliphatic heterocycles. The molecule has 6 heteroatoms. The van der Waals surface area contributed by atoms with Gasteiger partial charge in [-0.1, -0.05) is 60.7 Å². The van der Waals surface area contributed by atoms with E-state index in [1.165, 1.54) is 4.90 Å². The predicted octanol–water partition coefficient (Wildman–Crippen LogP) is 4.24. The molecule has 32 heavy (non-hydrogen) atoms. The number of hydrogen-bond acceptors (Lipinski definition) is 3. The third-order valence-corrected chi connectivity index (χ3v) is 6.16. The van der Waals surface area contributed by atoms with Crippen molar-refractivity contribution in [3.8, 4) is 0 Å². The summed E-state index contributed by atoms with van der Waals surface area (Å²) in [6, 6.07) is 24.6. The number of hydrogen-bond donors (Lipinski definition) is 3. The van der Waals surface area contributed by atoms with E-state index in [4.69, 9.17) is 11.1 Å². The summed E-state index contributed by atoms with van der Waals surface area (Å²) in [5.41, 5.74) is 6.69. The third-order valence-electron chi connectivity index (χ3n) is 6.16. The van der Waals surface area contributed by atoms with E-state index in [1.54, 1.807) is 13.0 Å². The van der Waals surface area contributed by atoms with Crippen LogP contribution in [0.25, 0.3) is 21.5 Å². The van der Waals surface area contributed by atoms with Crippen molar-refractivity contribution >= 4 is 39.3 Å². The van der Waals surface area contributed by atoms with Crippen LogP contribution in [0.15, 0.2) is 78.9 Å². The number of carbonyl (C=O) groups excluding carboxylic acids is 2. The second-order valence-electron chi connectivity index (χ2n) is 8.32. The van der Waals surface area contributed by atoms with E-state index in [0.29, 0.717) is 5.56 Å². The monoisotopic (exact) mass is 422 g/mol. The number of nitrogens with zero attached hydrogens (tertiary/aromatic N) is 1. The Kier molecular flexibility index (Phi) is 4.44. The van der Waals surface area contributed by atoms with E-state index in [2.05, 4.69) is 5.32 Å². The van der Waals surface area contributed by atoms with Crippen LogP contribution in [0.3, 0.4) is 0 Å². The Morgan fingerprint density at radius 3 is 2.38 bits per heavy atom. The van der Waals surface area contributed by atoms with Crippen molar-refractivity contribution in [1.29, 1.82) is 5.41 Å². The van der Waals surface area contributed by atoms with Crippen molar-refractivity contribution < 1.29 is 9.59 Å². The molecule has 1 fully saturated rings. The highest BCUT2D eigenvalue weighted by atomic mass is 16.2. The summed E-state index contributed by atoms with van der Waals surface area (Å²) in [4.78, 5) is 27.4. The van der Waals surface area contributed by atoms with Gasteiger partial charge in [0, 0.05) is 5.56 Å². The number of benzene rings is 4. The van der Waals surface area contributed by atoms with E-state index < -0.39 is 11.6 Å². The minimum Gasteiger partial charge on any atom is -0.384 e. The summed E-state index contributed by atoms with van der Waals surface area (Å²) < 4.78 is 0. The topological polar surface area (TPSA) is 99.3 Å². The Hall–Kier alpha value is -4.19. The number of carbonyl (C=O) groups is 2. The third kappa shape index (κ3) is 3.17. The van der Waals surface area contributed by atoms with Gasteiger partial charge in [-0.05, 0) is 57.8 Å². The molecule has 3 amide bonds. The molecule has 0 bridgehead atoms. The zero-order valence-corrected chi connectivity index (χ0v) is 17.6. The summed E-state index contributed by atoms with van der Waals surface area (Å²) in [6.07, 6.45) is 0. The van der Waals surface area contributed by atoms with Gasteiger partial charge in [0.25, 0.3) is 5.91 Å². The highest BCUT2D eigenvalue weighted by Gasteiger charge is 2.48. The molecule has 0 aromatic heterocycles. The quantitative estimate of drug-likeness (QED) is 0.260. The zero-order valence-electron chi connectivity index (χ0n) is 17.6. The van der Waals surface area contributed by atoms with Gasteiger partial charge in [-0.15, -0.1) is 0 Å². The van der Waals surface area contributed by atoms with Gasteiger partial charge in [0.1, 0.15) is 11.4 Å². The normalized spacial score (nSPS) is 18.3. The number of rotatable bonds is 4. The van der Waals surface area contributed by atoms with E-state index in [0.717, 1.165) is 32.7 Å². The standard InChI is InChI=1S/C26H22N4O2/c1-26(22-11-10-17-4-2-3-5-19(17)14-22)24(31)30(25(32)29-26)15-16-6-7-18-8-9-20(23(27)28)13-21(18)12-16/h2-14H,15H2,1H3,(H3,27,28)(H,29,32). The number of amides is 3. The van der Waals surface area contributed by atoms with E-state index in [9.17, 15) is 9.59 Å². The smallest absolute Gasteiger partial charge is 0.325 e. The minimum absolute atomic E-state index is 0.00227. The van der Waals surface area contributed by atoms with Crippen LogP contribution in [0, 0.1) is 5.41 Å². The number of nitrogens with two attached hydrogens (primary N) is 1. The Balaban J connectivity index is 1.46. The van der Waals surface area contributed by atoms with Crippen molar-refractivity contribution in [1.82, 2.24) is 10.2 Å². The lowest BCUT2D eigenvalue weighted by molar-refractivity contribution is -0.131. The Morgan fingerprint density at radius 2 is 1.59 bits per heavy atom. The molecule has 4 N–H and O–H groups in total. The first-order valence-corrected chi connectivity index (χ1v) is 10.4. The largest absolute Gasteiger partial charge is 0.384 e. The second-order valence-corrected chi connectivity index (χ2v) is 8.32. The molecule has 4 aromatic rings. The highest BCUT2D eigenvalue weighted by molar-refractivity contribution is 6.07. The van der Waals surface area contributed by atoms with Gasteiger partial charge >= 0.3 is 6.03 Å². The lowest BCUT2D eigenvalue weighted by Gasteiger charge is -2.23. The lowest BCUT2D eigenvalue weighted by Crippen LogP contribution is -2.40. The summed E-state index contributed by atoms with van der Waals surface area (Å²) in [6.45, 7) is 1.91. The molecule has 0 aliphatic carbocycles. The molecule has 1 aliphatic rings. The predicted molar refractivity (Wildman–Crippen MR) is 125 cm³/mol. The van der Waals surface area contributed by atoms with E-state index in [1.807, 2.05) is 72.8 Å². The van der Waals surface area contributed by atoms with Crippen molar-refractivity contribution in [2.75, 3.05) is 0 Å². The van der Waals surface area contributed by atoms with Gasteiger partial charge in [0.2, 0.25) is 0 Å². The summed E-state index contributed by atoms with van der Waals surface area (Å²) in [7, 11) is 0. The molecule has 4 aromatic carbocycles. The van der Waals surface area contributed by atoms with Crippen LogP contribution < -0.4 is 11.1 Å². The fourth-order valence-electron chi connectivity index (χ4n) is 4.28. The molecule has 158 valence electrons. The average molecular weight is 422 g/mol. The van der Waals surface area contributed by atoms with Gasteiger partial charge in [0.05, 0.1) is 6.54 Å². The van der Waals surface area contributed by atoms with Crippen molar-refractivity contribution in [3.05, 3.63) is 95.6 Å². The number of fused-ring (bicyclic) bond motifs is 2. The van der Waals surface area contributed by atoms with Crippen LogP contribution in [0.2, 0.25) is 0 Å². The Bertz CT molecular complexity index is 1430. The molecule has 0 spiro atoms. The lowest BCUT2D eigenvalue weighted by atomic mass is 9.90. The molecular formula is C26H22N4O2. The number of nitrogen functional groups attached to an aromatic ring is 1. The van der Waals surface area contributed by atoms with Gasteiger partial charge in [-0.25, -0.2) is 4.79 Å². The van der Waals surface area contributed by atoms with Crippen LogP contribution in [0.5, 0.6) is 0 Å². The first-order valence-electron chi connectivity index (χ1n) is 10.4. The maximum Gasteiger partial charge on any atom is 0.325 e. The van der Waals surface area contributed by atoms with Crippen LogP contribution in [-0.2, 0) is 16.9 Å².